The molecule has 0 saturated heterocycles. The molecule has 152 valence electrons. The smallest absolute Gasteiger partial charge is 0.238 e. The summed E-state index contributed by atoms with van der Waals surface area (Å²) in [5.41, 5.74) is 4.74. The van der Waals surface area contributed by atoms with Crippen LogP contribution in [0, 0.1) is 0 Å². The zero-order valence-electron chi connectivity index (χ0n) is 16.4. The highest BCUT2D eigenvalue weighted by Gasteiger charge is 2.22. The van der Waals surface area contributed by atoms with Gasteiger partial charge in [0.1, 0.15) is 0 Å². The summed E-state index contributed by atoms with van der Waals surface area (Å²) in [5, 5.41) is 5.62. The minimum absolute atomic E-state index is 0.0320. The number of hydrogen-bond acceptors (Lipinski definition) is 5. The van der Waals surface area contributed by atoms with Crippen LogP contribution in [0.5, 0.6) is 0 Å². The molecule has 0 radical (unpaired) electrons. The second-order valence-corrected chi connectivity index (χ2v) is 10.2. The number of hydrogen-bond donors (Lipinski definition) is 1. The Morgan fingerprint density at radius 1 is 1.21 bits per heavy atom. The van der Waals surface area contributed by atoms with E-state index in [1.54, 1.807) is 6.07 Å². The third kappa shape index (κ3) is 3.84. The number of nitrogens with two attached hydrogens (primary N) is 1. The van der Waals surface area contributed by atoms with Gasteiger partial charge in [-0.1, -0.05) is 23.9 Å². The summed E-state index contributed by atoms with van der Waals surface area (Å²) < 4.78 is 25.3. The molecule has 0 amide bonds. The van der Waals surface area contributed by atoms with E-state index in [9.17, 15) is 13.2 Å². The number of carbonyl (C=O) groups excluding carboxylic acids is 1. The first kappa shape index (κ1) is 20.1. The van der Waals surface area contributed by atoms with E-state index in [4.69, 9.17) is 5.14 Å². The number of aromatic nitrogens is 2. The zero-order chi connectivity index (χ0) is 20.8. The van der Waals surface area contributed by atoms with Gasteiger partial charge in [0, 0.05) is 12.1 Å². The summed E-state index contributed by atoms with van der Waals surface area (Å²) in [6, 6.07) is 10.7. The first-order chi connectivity index (χ1) is 13.8. The molecule has 1 aliphatic rings. The maximum Gasteiger partial charge on any atom is 0.238 e. The lowest BCUT2D eigenvalue weighted by atomic mass is 10.0. The van der Waals surface area contributed by atoms with Gasteiger partial charge in [0.25, 0.3) is 0 Å². The second kappa shape index (κ2) is 7.59. The van der Waals surface area contributed by atoms with Crippen LogP contribution in [0.3, 0.4) is 0 Å². The number of rotatable bonds is 6. The third-order valence-electron chi connectivity index (χ3n) is 5.36. The molecule has 1 aliphatic carbocycles. The Labute approximate surface area is 174 Å². The van der Waals surface area contributed by atoms with Gasteiger partial charge in [0.2, 0.25) is 10.0 Å². The van der Waals surface area contributed by atoms with Gasteiger partial charge in [-0.25, -0.2) is 18.5 Å². The van der Waals surface area contributed by atoms with E-state index >= 15 is 0 Å². The highest BCUT2D eigenvalue weighted by atomic mass is 32.2. The van der Waals surface area contributed by atoms with Crippen molar-refractivity contribution in [2.24, 2.45) is 5.14 Å². The average molecular weight is 430 g/mol. The minimum Gasteiger partial charge on any atom is -0.319 e. The van der Waals surface area contributed by atoms with Crippen LogP contribution in [0.1, 0.15) is 41.8 Å². The molecule has 0 saturated carbocycles. The van der Waals surface area contributed by atoms with Crippen molar-refractivity contribution in [1.82, 2.24) is 9.55 Å². The topological polar surface area (TPSA) is 95.0 Å². The van der Waals surface area contributed by atoms with Crippen LogP contribution >= 0.6 is 11.8 Å². The summed E-state index contributed by atoms with van der Waals surface area (Å²) in [4.78, 5) is 17.6. The van der Waals surface area contributed by atoms with E-state index in [1.165, 1.54) is 35.0 Å². The van der Waals surface area contributed by atoms with E-state index in [0.717, 1.165) is 30.3 Å². The molecule has 4 rings (SSSR count). The number of aryl methyl sites for hydroxylation is 3. The molecule has 0 bridgehead atoms. The summed E-state index contributed by atoms with van der Waals surface area (Å²) in [6.45, 7) is 4.54. The molecule has 6 nitrogen and oxygen atoms in total. The predicted molar refractivity (Wildman–Crippen MR) is 115 cm³/mol. The average Bonchev–Trinajstić information content (AvgIpc) is 3.28. The first-order valence-corrected chi connectivity index (χ1v) is 12.1. The maximum atomic E-state index is 13.0. The Morgan fingerprint density at radius 3 is 2.69 bits per heavy atom. The molecule has 1 atom stereocenters. The predicted octanol–water partition coefficient (Wildman–Crippen LogP) is 3.56. The summed E-state index contributed by atoms with van der Waals surface area (Å²) >= 11 is 1.39. The molecule has 1 aromatic heterocycles. The molecule has 0 aliphatic heterocycles. The lowest BCUT2D eigenvalue weighted by Gasteiger charge is -2.12. The zero-order valence-corrected chi connectivity index (χ0v) is 18.0. The van der Waals surface area contributed by atoms with E-state index in [-0.39, 0.29) is 15.9 Å². The van der Waals surface area contributed by atoms with Crippen molar-refractivity contribution in [2.75, 3.05) is 0 Å². The monoisotopic (exact) mass is 429 g/mol. The highest BCUT2D eigenvalue weighted by Crippen LogP contribution is 2.31. The van der Waals surface area contributed by atoms with Crippen molar-refractivity contribution in [2.45, 2.75) is 55.0 Å². The molecule has 0 fully saturated rings. The van der Waals surface area contributed by atoms with Crippen LogP contribution < -0.4 is 5.14 Å². The van der Waals surface area contributed by atoms with Gasteiger partial charge in [-0.15, -0.1) is 0 Å². The van der Waals surface area contributed by atoms with E-state index in [1.807, 2.05) is 30.5 Å². The van der Waals surface area contributed by atoms with Gasteiger partial charge in [-0.2, -0.15) is 0 Å². The number of nitrogens with zero attached hydrogens (tertiary/aromatic N) is 2. The van der Waals surface area contributed by atoms with E-state index in [2.05, 4.69) is 11.1 Å². The van der Waals surface area contributed by atoms with Gasteiger partial charge >= 0.3 is 0 Å². The molecule has 3 aromatic rings. The Bertz CT molecular complexity index is 1220. The van der Waals surface area contributed by atoms with Crippen molar-refractivity contribution in [3.05, 3.63) is 53.1 Å². The number of carbonyl (C=O) groups is 1. The fraction of sp³-hybridized carbons (Fsp3) is 0.333. The van der Waals surface area contributed by atoms with Crippen LogP contribution in [0.2, 0.25) is 0 Å². The Hall–Kier alpha value is -2.16. The van der Waals surface area contributed by atoms with Crippen molar-refractivity contribution in [1.29, 1.82) is 0 Å². The molecule has 1 heterocycles. The highest BCUT2D eigenvalue weighted by molar-refractivity contribution is 8.00. The van der Waals surface area contributed by atoms with Crippen LogP contribution in [0.25, 0.3) is 11.0 Å². The number of primary sulfonamides is 1. The normalized spacial score (nSPS) is 14.9. The van der Waals surface area contributed by atoms with Crippen molar-refractivity contribution < 1.29 is 13.2 Å². The lowest BCUT2D eigenvalue weighted by molar-refractivity contribution is 0.0993. The van der Waals surface area contributed by atoms with Crippen LogP contribution in [-0.2, 0) is 29.4 Å². The number of thioether (sulfide) groups is 1. The van der Waals surface area contributed by atoms with E-state index in [0.29, 0.717) is 17.2 Å². The Morgan fingerprint density at radius 2 is 1.97 bits per heavy atom. The SMILES string of the molecule is CCn1c(S[C@@H](C)C(=O)c2ccc3c(c2)CCC3)nc2cc(S(N)(=O)=O)ccc21. The fourth-order valence-corrected chi connectivity index (χ4v) is 5.43. The quantitative estimate of drug-likeness (QED) is 0.478. The number of benzene rings is 2. The van der Waals surface area contributed by atoms with Gasteiger partial charge in [-0.05, 0) is 68.5 Å². The summed E-state index contributed by atoms with van der Waals surface area (Å²) in [6.07, 6.45) is 3.28. The molecule has 8 heteroatoms. The van der Waals surface area contributed by atoms with Crippen LogP contribution in [-0.4, -0.2) is 29.0 Å². The number of imidazole rings is 1. The van der Waals surface area contributed by atoms with Crippen molar-refractivity contribution in [3.8, 4) is 0 Å². The number of sulfonamides is 1. The lowest BCUT2D eigenvalue weighted by Crippen LogP contribution is -2.15. The molecule has 2 N–H and O–H groups in total. The Kier molecular flexibility index (Phi) is 5.27. The summed E-state index contributed by atoms with van der Waals surface area (Å²) in [5.74, 6) is 0.0737. The number of ketones is 1. The Balaban J connectivity index is 1.63. The number of Topliss-reactive ketones (excluding diaryl/α,β-unsaturated/α-hetero) is 1. The van der Waals surface area contributed by atoms with Crippen LogP contribution in [0.15, 0.2) is 46.5 Å². The number of fused-ring (bicyclic) bond motifs is 2. The summed E-state index contributed by atoms with van der Waals surface area (Å²) in [7, 11) is -3.79. The standard InChI is InChI=1S/C21H23N3O3S2/c1-3-24-19-10-9-17(29(22,26)27)12-18(19)23-21(24)28-13(2)20(25)16-8-7-14-5-4-6-15(14)11-16/h7-13H,3-6H2,1-2H3,(H2,22,26,27)/t13-/m0/s1. The van der Waals surface area contributed by atoms with Crippen molar-refractivity contribution >= 4 is 38.6 Å². The maximum absolute atomic E-state index is 13.0. The molecular weight excluding hydrogens is 406 g/mol. The van der Waals surface area contributed by atoms with Gasteiger partial charge in [-0.3, -0.25) is 4.79 Å². The molecule has 0 spiro atoms. The third-order valence-corrected chi connectivity index (χ3v) is 7.36. The largest absolute Gasteiger partial charge is 0.319 e. The fourth-order valence-electron chi connectivity index (χ4n) is 3.83. The molecule has 29 heavy (non-hydrogen) atoms. The van der Waals surface area contributed by atoms with Gasteiger partial charge in [0.15, 0.2) is 10.9 Å². The van der Waals surface area contributed by atoms with Crippen molar-refractivity contribution in [3.63, 3.8) is 0 Å². The van der Waals surface area contributed by atoms with Gasteiger partial charge in [0.05, 0.1) is 21.2 Å². The molecule has 2 aromatic carbocycles. The molecular formula is C21H23N3O3S2. The van der Waals surface area contributed by atoms with Gasteiger partial charge < -0.3 is 4.57 Å². The first-order valence-electron chi connectivity index (χ1n) is 9.63. The second-order valence-electron chi connectivity index (χ2n) is 7.30. The minimum atomic E-state index is -3.79. The van der Waals surface area contributed by atoms with E-state index < -0.39 is 10.0 Å². The van der Waals surface area contributed by atoms with Crippen LogP contribution in [0.4, 0.5) is 0 Å². The molecule has 0 unspecified atom stereocenters.